The van der Waals surface area contributed by atoms with Crippen LogP contribution < -0.4 is 0 Å². The van der Waals surface area contributed by atoms with Crippen molar-refractivity contribution in [2.24, 2.45) is 0 Å². The zero-order valence-electron chi connectivity index (χ0n) is 13.7. The Kier molecular flexibility index (Phi) is 4.24. The van der Waals surface area contributed by atoms with Gasteiger partial charge >= 0.3 is 0 Å². The van der Waals surface area contributed by atoms with Crippen molar-refractivity contribution in [3.8, 4) is 5.69 Å². The molecule has 1 aliphatic heterocycles. The Morgan fingerprint density at radius 2 is 2.00 bits per heavy atom. The Balaban J connectivity index is 1.61. The molecule has 128 valence electrons. The van der Waals surface area contributed by atoms with Gasteiger partial charge in [0, 0.05) is 6.54 Å². The van der Waals surface area contributed by atoms with Crippen molar-refractivity contribution in [3.63, 3.8) is 0 Å². The minimum Gasteiger partial charge on any atom is -0.343 e. The predicted molar refractivity (Wildman–Crippen MR) is 87.9 cm³/mol. The predicted octanol–water partition coefficient (Wildman–Crippen LogP) is 2.41. The lowest BCUT2D eigenvalue weighted by Gasteiger charge is -2.26. The first-order valence-corrected chi connectivity index (χ1v) is 8.37. The van der Waals surface area contributed by atoms with Crippen molar-refractivity contribution in [2.45, 2.75) is 31.7 Å². The summed E-state index contributed by atoms with van der Waals surface area (Å²) in [5.74, 6) is 0.517. The summed E-state index contributed by atoms with van der Waals surface area (Å²) in [5, 5.41) is 8.29. The van der Waals surface area contributed by atoms with E-state index in [4.69, 9.17) is 4.52 Å². The molecule has 3 heterocycles. The third-order valence-corrected chi connectivity index (χ3v) is 4.39. The molecule has 1 amide bonds. The first-order valence-electron chi connectivity index (χ1n) is 8.37. The van der Waals surface area contributed by atoms with Gasteiger partial charge in [-0.25, -0.2) is 9.67 Å². The fourth-order valence-electron chi connectivity index (χ4n) is 3.14. The van der Waals surface area contributed by atoms with Crippen LogP contribution in [0.15, 0.2) is 47.6 Å². The maximum atomic E-state index is 13.0. The summed E-state index contributed by atoms with van der Waals surface area (Å²) in [7, 11) is 0. The quantitative estimate of drug-likeness (QED) is 0.728. The number of rotatable bonds is 3. The monoisotopic (exact) mass is 338 g/mol. The molecule has 1 saturated heterocycles. The molecule has 0 bridgehead atoms. The van der Waals surface area contributed by atoms with Gasteiger partial charge in [-0.2, -0.15) is 4.98 Å². The molecule has 8 nitrogen and oxygen atoms in total. The smallest absolute Gasteiger partial charge is 0.294 e. The van der Waals surface area contributed by atoms with Crippen LogP contribution >= 0.6 is 0 Å². The van der Waals surface area contributed by atoms with Crippen molar-refractivity contribution in [3.05, 3.63) is 54.7 Å². The molecular weight excluding hydrogens is 320 g/mol. The van der Waals surface area contributed by atoms with Gasteiger partial charge in [0.15, 0.2) is 5.82 Å². The number of carbonyl (C=O) groups is 1. The summed E-state index contributed by atoms with van der Waals surface area (Å²) in [4.78, 5) is 23.1. The molecule has 0 spiro atoms. The highest BCUT2D eigenvalue weighted by Gasteiger charge is 2.32. The first-order chi connectivity index (χ1) is 12.3. The molecule has 0 saturated carbocycles. The van der Waals surface area contributed by atoms with Gasteiger partial charge in [0.2, 0.25) is 12.2 Å². The molecule has 1 atom stereocenters. The van der Waals surface area contributed by atoms with E-state index in [1.165, 1.54) is 6.39 Å². The van der Waals surface area contributed by atoms with Gasteiger partial charge in [0.05, 0.1) is 11.7 Å². The fraction of sp³-hybridized carbons (Fsp3) is 0.353. The number of amides is 1. The van der Waals surface area contributed by atoms with E-state index in [0.717, 1.165) is 31.4 Å². The molecule has 8 heteroatoms. The van der Waals surface area contributed by atoms with Crippen LogP contribution in [0.2, 0.25) is 0 Å². The van der Waals surface area contributed by atoms with Crippen LogP contribution in [-0.2, 0) is 0 Å². The van der Waals surface area contributed by atoms with Gasteiger partial charge in [-0.1, -0.05) is 36.2 Å². The van der Waals surface area contributed by atoms with Gasteiger partial charge in [-0.3, -0.25) is 4.79 Å². The molecule has 1 aromatic carbocycles. The zero-order valence-corrected chi connectivity index (χ0v) is 13.7. The minimum absolute atomic E-state index is 0.180. The van der Waals surface area contributed by atoms with Crippen LogP contribution in [0.5, 0.6) is 0 Å². The van der Waals surface area contributed by atoms with Crippen LogP contribution in [-0.4, -0.2) is 42.3 Å². The molecule has 0 N–H and O–H groups in total. The summed E-state index contributed by atoms with van der Waals surface area (Å²) >= 11 is 0. The maximum absolute atomic E-state index is 13.0. The molecule has 0 unspecified atom stereocenters. The van der Waals surface area contributed by atoms with E-state index >= 15 is 0 Å². The average molecular weight is 338 g/mol. The molecule has 25 heavy (non-hydrogen) atoms. The number of nitrogens with zero attached hydrogens (tertiary/aromatic N) is 6. The van der Waals surface area contributed by atoms with Gasteiger partial charge in [-0.05, 0) is 25.0 Å². The molecule has 0 aliphatic carbocycles. The molecule has 1 fully saturated rings. The minimum atomic E-state index is -0.202. The van der Waals surface area contributed by atoms with Gasteiger partial charge in [0.1, 0.15) is 6.33 Å². The first kappa shape index (κ1) is 15.5. The molecule has 4 rings (SSSR count). The van der Waals surface area contributed by atoms with E-state index in [0.29, 0.717) is 12.4 Å². The highest BCUT2D eigenvalue weighted by molar-refractivity contribution is 5.90. The number of para-hydroxylation sites is 1. The Morgan fingerprint density at radius 1 is 1.12 bits per heavy atom. The van der Waals surface area contributed by atoms with Crippen molar-refractivity contribution in [1.82, 2.24) is 29.8 Å². The number of aromatic nitrogens is 5. The Hall–Kier alpha value is -3.03. The fourth-order valence-corrected chi connectivity index (χ4v) is 3.14. The summed E-state index contributed by atoms with van der Waals surface area (Å²) < 4.78 is 6.48. The van der Waals surface area contributed by atoms with E-state index in [-0.39, 0.29) is 17.8 Å². The van der Waals surface area contributed by atoms with E-state index in [2.05, 4.69) is 20.2 Å². The maximum Gasteiger partial charge on any atom is 0.294 e. The summed E-state index contributed by atoms with van der Waals surface area (Å²) in [6, 6.07) is 9.39. The van der Waals surface area contributed by atoms with Crippen LogP contribution in [0.3, 0.4) is 0 Å². The topological polar surface area (TPSA) is 89.9 Å². The largest absolute Gasteiger partial charge is 0.343 e. The lowest BCUT2D eigenvalue weighted by molar-refractivity contribution is 0.0658. The number of hydrogen-bond acceptors (Lipinski definition) is 6. The third-order valence-electron chi connectivity index (χ3n) is 4.39. The second-order valence-corrected chi connectivity index (χ2v) is 6.00. The number of carbonyl (C=O) groups excluding carboxylic acids is 1. The van der Waals surface area contributed by atoms with E-state index in [1.54, 1.807) is 15.9 Å². The number of likely N-dealkylation sites (tertiary alicyclic amines) is 1. The summed E-state index contributed by atoms with van der Waals surface area (Å²) in [6.07, 6.45) is 6.71. The van der Waals surface area contributed by atoms with Crippen LogP contribution in [0.4, 0.5) is 0 Å². The van der Waals surface area contributed by atoms with Gasteiger partial charge in [-0.15, -0.1) is 5.10 Å². The Morgan fingerprint density at radius 3 is 2.80 bits per heavy atom. The molecule has 0 radical (unpaired) electrons. The average Bonchev–Trinajstić information content (AvgIpc) is 3.30. The standard InChI is InChI=1S/C17H18N6O2/c24-17(16-18-11-23(20-16)13-7-3-1-4-8-13)22-10-6-2-5-9-14(22)15-19-12-25-21-15/h1,3-4,7-8,11-12,14H,2,5-6,9-10H2/t14-/m1/s1. The van der Waals surface area contributed by atoms with Crippen molar-refractivity contribution >= 4 is 5.91 Å². The Labute approximate surface area is 144 Å². The molecule has 3 aromatic rings. The highest BCUT2D eigenvalue weighted by Crippen LogP contribution is 2.29. The van der Waals surface area contributed by atoms with Gasteiger partial charge in [0.25, 0.3) is 5.91 Å². The Bertz CT molecular complexity index is 830. The molecule has 1 aliphatic rings. The van der Waals surface area contributed by atoms with E-state index in [9.17, 15) is 4.79 Å². The van der Waals surface area contributed by atoms with E-state index < -0.39 is 0 Å². The highest BCUT2D eigenvalue weighted by atomic mass is 16.5. The van der Waals surface area contributed by atoms with Crippen LogP contribution in [0.1, 0.15) is 48.2 Å². The lowest BCUT2D eigenvalue weighted by atomic mass is 10.1. The number of benzene rings is 1. The van der Waals surface area contributed by atoms with Gasteiger partial charge < -0.3 is 9.42 Å². The lowest BCUT2D eigenvalue weighted by Crippen LogP contribution is -2.36. The normalized spacial score (nSPS) is 18.1. The zero-order chi connectivity index (χ0) is 17.1. The summed E-state index contributed by atoms with van der Waals surface area (Å²) in [6.45, 7) is 0.637. The molecular formula is C17H18N6O2. The van der Waals surface area contributed by atoms with Crippen molar-refractivity contribution in [1.29, 1.82) is 0 Å². The molecule has 2 aromatic heterocycles. The van der Waals surface area contributed by atoms with Crippen LogP contribution in [0.25, 0.3) is 5.69 Å². The van der Waals surface area contributed by atoms with Crippen molar-refractivity contribution in [2.75, 3.05) is 6.54 Å². The van der Waals surface area contributed by atoms with E-state index in [1.807, 2.05) is 30.3 Å². The SMILES string of the molecule is O=C(c1ncn(-c2ccccc2)n1)N1CCCCC[C@@H]1c1ncon1. The van der Waals surface area contributed by atoms with Crippen molar-refractivity contribution < 1.29 is 9.32 Å². The van der Waals surface area contributed by atoms with Crippen LogP contribution in [0, 0.1) is 0 Å². The second-order valence-electron chi connectivity index (χ2n) is 6.00. The summed E-state index contributed by atoms with van der Waals surface area (Å²) in [5.41, 5.74) is 0.861. The third kappa shape index (κ3) is 3.15. The number of hydrogen-bond donors (Lipinski definition) is 0. The second kappa shape index (κ2) is 6.84.